The van der Waals surface area contributed by atoms with Crippen LogP contribution in [0.5, 0.6) is 11.5 Å². The van der Waals surface area contributed by atoms with Gasteiger partial charge in [-0.3, -0.25) is 14.6 Å². The zero-order chi connectivity index (χ0) is 24.5. The Morgan fingerprint density at radius 3 is 2.31 bits per heavy atom. The average molecular weight is 468 g/mol. The monoisotopic (exact) mass is 467 g/mol. The fourth-order valence-corrected chi connectivity index (χ4v) is 3.43. The minimum absolute atomic E-state index is 0.279. The Morgan fingerprint density at radius 1 is 0.800 bits per heavy atom. The predicted molar refractivity (Wildman–Crippen MR) is 134 cm³/mol. The molecule has 0 spiro atoms. The van der Waals surface area contributed by atoms with E-state index in [1.807, 2.05) is 36.4 Å². The molecule has 0 aliphatic heterocycles. The molecule has 0 unspecified atom stereocenters. The van der Waals surface area contributed by atoms with Crippen LogP contribution in [0.4, 0.5) is 5.69 Å². The second kappa shape index (κ2) is 11.5. The fraction of sp³-hybridized carbons (Fsp3) is 0.107. The molecule has 0 atom stereocenters. The lowest BCUT2D eigenvalue weighted by atomic mass is 10.1. The van der Waals surface area contributed by atoms with Gasteiger partial charge in [0, 0.05) is 24.5 Å². The Labute approximate surface area is 203 Å². The Morgan fingerprint density at radius 2 is 1.54 bits per heavy atom. The molecule has 3 aromatic carbocycles. The van der Waals surface area contributed by atoms with Crippen LogP contribution < -0.4 is 20.1 Å². The van der Waals surface area contributed by atoms with Gasteiger partial charge in [-0.05, 0) is 59.7 Å². The molecule has 1 heterocycles. The highest BCUT2D eigenvalue weighted by atomic mass is 16.5. The van der Waals surface area contributed by atoms with Crippen molar-refractivity contribution in [1.82, 2.24) is 10.3 Å². The first kappa shape index (κ1) is 23.5. The highest BCUT2D eigenvalue weighted by Gasteiger charge is 2.14. The van der Waals surface area contributed by atoms with Crippen LogP contribution in [-0.2, 0) is 13.2 Å². The average Bonchev–Trinajstić information content (AvgIpc) is 2.92. The second-order valence-electron chi connectivity index (χ2n) is 7.68. The normalized spacial score (nSPS) is 10.3. The highest BCUT2D eigenvalue weighted by Crippen LogP contribution is 2.29. The molecule has 4 aromatic rings. The zero-order valence-electron chi connectivity index (χ0n) is 19.2. The minimum Gasteiger partial charge on any atom is -0.493 e. The Kier molecular flexibility index (Phi) is 7.70. The first-order chi connectivity index (χ1) is 17.1. The Bertz CT molecular complexity index is 1290. The molecule has 4 rings (SSSR count). The molecule has 0 radical (unpaired) electrons. The van der Waals surface area contributed by atoms with E-state index >= 15 is 0 Å². The molecule has 0 saturated carbocycles. The number of hydrogen-bond acceptors (Lipinski definition) is 5. The lowest BCUT2D eigenvalue weighted by Crippen LogP contribution is -2.25. The van der Waals surface area contributed by atoms with Crippen LogP contribution in [0.25, 0.3) is 0 Å². The summed E-state index contributed by atoms with van der Waals surface area (Å²) in [5.41, 5.74) is 3.17. The number of benzene rings is 3. The summed E-state index contributed by atoms with van der Waals surface area (Å²) in [5.74, 6) is 0.596. The number of nitrogens with zero attached hydrogens (tertiary/aromatic N) is 1. The van der Waals surface area contributed by atoms with Crippen molar-refractivity contribution in [2.75, 3.05) is 12.4 Å². The van der Waals surface area contributed by atoms with Gasteiger partial charge in [0.25, 0.3) is 11.8 Å². The molecule has 0 aliphatic carbocycles. The standard InChI is InChI=1S/C28H25N3O4/c1-34-26-17-21(11-12-25(26)35-19-20-13-15-29-16-14-20)18-30-28(33)23-9-5-6-10-24(23)31-27(32)22-7-3-2-4-8-22/h2-17H,18-19H2,1H3,(H,30,33)(H,31,32). The van der Waals surface area contributed by atoms with Gasteiger partial charge in [0.1, 0.15) is 6.61 Å². The number of ether oxygens (including phenoxy) is 2. The van der Waals surface area contributed by atoms with Crippen molar-refractivity contribution in [3.8, 4) is 11.5 Å². The van der Waals surface area contributed by atoms with Crippen molar-refractivity contribution in [2.24, 2.45) is 0 Å². The van der Waals surface area contributed by atoms with Crippen molar-refractivity contribution in [3.05, 3.63) is 120 Å². The molecule has 176 valence electrons. The third-order valence-corrected chi connectivity index (χ3v) is 5.28. The van der Waals surface area contributed by atoms with Gasteiger partial charge in [0.2, 0.25) is 0 Å². The quantitative estimate of drug-likeness (QED) is 0.367. The maximum atomic E-state index is 12.9. The van der Waals surface area contributed by atoms with Crippen LogP contribution in [0, 0.1) is 0 Å². The van der Waals surface area contributed by atoms with Crippen LogP contribution in [-0.4, -0.2) is 23.9 Å². The molecule has 2 N–H and O–H groups in total. The molecule has 0 bridgehead atoms. The van der Waals surface area contributed by atoms with Crippen LogP contribution in [0.15, 0.2) is 97.3 Å². The maximum absolute atomic E-state index is 12.9. The van der Waals surface area contributed by atoms with Gasteiger partial charge in [-0.1, -0.05) is 36.4 Å². The van der Waals surface area contributed by atoms with E-state index in [4.69, 9.17) is 9.47 Å². The van der Waals surface area contributed by atoms with Crippen LogP contribution in [0.2, 0.25) is 0 Å². The number of pyridine rings is 1. The van der Waals surface area contributed by atoms with Gasteiger partial charge in [-0.15, -0.1) is 0 Å². The number of methoxy groups -OCH3 is 1. The van der Waals surface area contributed by atoms with E-state index in [1.165, 1.54) is 0 Å². The highest BCUT2D eigenvalue weighted by molar-refractivity contribution is 6.08. The lowest BCUT2D eigenvalue weighted by molar-refractivity contribution is 0.0951. The second-order valence-corrected chi connectivity index (χ2v) is 7.68. The van der Waals surface area contributed by atoms with E-state index in [0.29, 0.717) is 34.9 Å². The van der Waals surface area contributed by atoms with Crippen LogP contribution in [0.3, 0.4) is 0 Å². The Balaban J connectivity index is 1.40. The number of nitrogens with one attached hydrogen (secondary N) is 2. The van der Waals surface area contributed by atoms with Crippen molar-refractivity contribution < 1.29 is 19.1 Å². The van der Waals surface area contributed by atoms with Gasteiger partial charge in [-0.25, -0.2) is 0 Å². The number of hydrogen-bond donors (Lipinski definition) is 2. The van der Waals surface area contributed by atoms with E-state index in [9.17, 15) is 9.59 Å². The Hall–Kier alpha value is -4.65. The summed E-state index contributed by atoms with van der Waals surface area (Å²) in [6.45, 7) is 0.668. The molecule has 2 amide bonds. The molecule has 0 aliphatic rings. The number of aromatic nitrogens is 1. The number of carbonyl (C=O) groups excluding carboxylic acids is 2. The first-order valence-electron chi connectivity index (χ1n) is 11.1. The van der Waals surface area contributed by atoms with Crippen molar-refractivity contribution in [3.63, 3.8) is 0 Å². The fourth-order valence-electron chi connectivity index (χ4n) is 3.43. The summed E-state index contributed by atoms with van der Waals surface area (Å²) in [5, 5.41) is 5.72. The summed E-state index contributed by atoms with van der Waals surface area (Å²) in [7, 11) is 1.57. The van der Waals surface area contributed by atoms with E-state index in [-0.39, 0.29) is 18.4 Å². The topological polar surface area (TPSA) is 89.6 Å². The van der Waals surface area contributed by atoms with Crippen molar-refractivity contribution >= 4 is 17.5 Å². The predicted octanol–water partition coefficient (Wildman–Crippen LogP) is 4.85. The van der Waals surface area contributed by atoms with E-state index in [1.54, 1.807) is 68.0 Å². The summed E-state index contributed by atoms with van der Waals surface area (Å²) in [4.78, 5) is 29.5. The summed E-state index contributed by atoms with van der Waals surface area (Å²) in [6, 6.07) is 25.0. The summed E-state index contributed by atoms with van der Waals surface area (Å²) < 4.78 is 11.3. The summed E-state index contributed by atoms with van der Waals surface area (Å²) in [6.07, 6.45) is 3.43. The molecule has 0 saturated heterocycles. The molecule has 7 nitrogen and oxygen atoms in total. The third-order valence-electron chi connectivity index (χ3n) is 5.28. The molecule has 0 fully saturated rings. The minimum atomic E-state index is -0.300. The van der Waals surface area contributed by atoms with Gasteiger partial charge in [0.15, 0.2) is 11.5 Å². The van der Waals surface area contributed by atoms with Crippen LogP contribution >= 0.6 is 0 Å². The zero-order valence-corrected chi connectivity index (χ0v) is 19.2. The molecular formula is C28H25N3O4. The van der Waals surface area contributed by atoms with Crippen LogP contribution in [0.1, 0.15) is 31.8 Å². The smallest absolute Gasteiger partial charge is 0.255 e. The van der Waals surface area contributed by atoms with E-state index < -0.39 is 0 Å². The SMILES string of the molecule is COc1cc(CNC(=O)c2ccccc2NC(=O)c2ccccc2)ccc1OCc1ccncc1. The van der Waals surface area contributed by atoms with Gasteiger partial charge >= 0.3 is 0 Å². The lowest BCUT2D eigenvalue weighted by Gasteiger charge is -2.14. The van der Waals surface area contributed by atoms with Gasteiger partial charge in [0.05, 0.1) is 18.4 Å². The summed E-state index contributed by atoms with van der Waals surface area (Å²) >= 11 is 0. The number of anilines is 1. The molecule has 7 heteroatoms. The van der Waals surface area contributed by atoms with Gasteiger partial charge < -0.3 is 20.1 Å². The van der Waals surface area contributed by atoms with Crippen molar-refractivity contribution in [1.29, 1.82) is 0 Å². The van der Waals surface area contributed by atoms with Crippen molar-refractivity contribution in [2.45, 2.75) is 13.2 Å². The number of carbonyl (C=O) groups is 2. The van der Waals surface area contributed by atoms with E-state index in [2.05, 4.69) is 15.6 Å². The maximum Gasteiger partial charge on any atom is 0.255 e. The van der Waals surface area contributed by atoms with E-state index in [0.717, 1.165) is 11.1 Å². The largest absolute Gasteiger partial charge is 0.493 e. The molecule has 1 aromatic heterocycles. The number of amides is 2. The number of para-hydroxylation sites is 1. The van der Waals surface area contributed by atoms with Gasteiger partial charge in [-0.2, -0.15) is 0 Å². The first-order valence-corrected chi connectivity index (χ1v) is 11.1. The molecular weight excluding hydrogens is 442 g/mol. The molecule has 35 heavy (non-hydrogen) atoms. The third kappa shape index (κ3) is 6.23. The number of rotatable bonds is 9.